The van der Waals surface area contributed by atoms with Crippen molar-refractivity contribution in [3.63, 3.8) is 0 Å². The lowest BCUT2D eigenvalue weighted by molar-refractivity contribution is -0.140. The van der Waals surface area contributed by atoms with Crippen molar-refractivity contribution in [3.8, 4) is 22.8 Å². The Morgan fingerprint density at radius 3 is 2.06 bits per heavy atom. The molecule has 0 fully saturated rings. The first-order valence-electron chi connectivity index (χ1n) is 21.0. The number of methoxy groups -OCH3 is 1. The van der Waals surface area contributed by atoms with Crippen LogP contribution in [0.2, 0.25) is 0 Å². The molecule has 0 bridgehead atoms. The summed E-state index contributed by atoms with van der Waals surface area (Å²) in [6.07, 6.45) is 4.79. The van der Waals surface area contributed by atoms with Crippen LogP contribution in [-0.4, -0.2) is 60.2 Å². The average molecular weight is 983 g/mol. The summed E-state index contributed by atoms with van der Waals surface area (Å²) >= 11 is 7.09. The number of halogens is 2. The largest absolute Gasteiger partial charge is 0.469 e. The van der Waals surface area contributed by atoms with Crippen LogP contribution in [0.5, 0.6) is 0 Å². The summed E-state index contributed by atoms with van der Waals surface area (Å²) in [5.41, 5.74) is 8.64. The number of benzene rings is 2. The number of hydrogen-bond acceptors (Lipinski definition) is 9. The maximum Gasteiger partial charge on any atom is 0.413 e. The van der Waals surface area contributed by atoms with Crippen molar-refractivity contribution in [1.29, 1.82) is 0 Å². The summed E-state index contributed by atoms with van der Waals surface area (Å²) in [4.78, 5) is 46.6. The van der Waals surface area contributed by atoms with Gasteiger partial charge in [-0.05, 0) is 132 Å². The molecule has 2 atom stereocenters. The highest BCUT2D eigenvalue weighted by Gasteiger charge is 2.33. The second kappa shape index (κ2) is 20.7. The molecule has 63 heavy (non-hydrogen) atoms. The number of nitrogens with zero attached hydrogens (tertiary/aromatic N) is 6. The molecule has 13 nitrogen and oxygen atoms in total. The summed E-state index contributed by atoms with van der Waals surface area (Å²) in [6.45, 7) is 14.8. The molecule has 15 heteroatoms. The molecular weight excluding hydrogens is 928 g/mol. The van der Waals surface area contributed by atoms with Crippen LogP contribution in [0.1, 0.15) is 106 Å². The van der Waals surface area contributed by atoms with E-state index in [0.717, 1.165) is 54.8 Å². The fraction of sp³-hybridized carbons (Fsp3) is 0.354. The van der Waals surface area contributed by atoms with Crippen molar-refractivity contribution in [2.75, 3.05) is 17.7 Å². The zero-order valence-corrected chi connectivity index (χ0v) is 40.1. The van der Waals surface area contributed by atoms with Crippen LogP contribution in [0.3, 0.4) is 0 Å². The lowest BCUT2D eigenvalue weighted by atomic mass is 9.84. The average Bonchev–Trinajstić information content (AvgIpc) is 3.74. The Hall–Kier alpha value is -5.67. The van der Waals surface area contributed by atoms with Crippen LogP contribution < -0.4 is 10.6 Å². The van der Waals surface area contributed by atoms with E-state index in [-0.39, 0.29) is 30.1 Å². The molecule has 5 heterocycles. The minimum atomic E-state index is -0.669. The van der Waals surface area contributed by atoms with E-state index in [1.165, 1.54) is 18.2 Å². The van der Waals surface area contributed by atoms with Gasteiger partial charge in [0.05, 0.1) is 18.5 Å². The number of esters is 1. The van der Waals surface area contributed by atoms with Crippen LogP contribution in [0.15, 0.2) is 94.1 Å². The number of anilines is 2. The van der Waals surface area contributed by atoms with Gasteiger partial charge in [-0.2, -0.15) is 10.2 Å². The van der Waals surface area contributed by atoms with E-state index >= 15 is 0 Å². The molecule has 0 spiro atoms. The monoisotopic (exact) mass is 980 g/mol. The third-order valence-corrected chi connectivity index (χ3v) is 11.7. The van der Waals surface area contributed by atoms with Gasteiger partial charge in [-0.25, -0.2) is 14.2 Å². The van der Waals surface area contributed by atoms with Crippen LogP contribution in [0, 0.1) is 13.8 Å². The zero-order valence-electron chi connectivity index (χ0n) is 37.0. The van der Waals surface area contributed by atoms with E-state index in [1.54, 1.807) is 17.1 Å². The number of carbonyl (C=O) groups is 3. The van der Waals surface area contributed by atoms with Gasteiger partial charge >= 0.3 is 12.1 Å². The first-order chi connectivity index (χ1) is 30.1. The predicted octanol–water partition coefficient (Wildman–Crippen LogP) is 11.4. The summed E-state index contributed by atoms with van der Waals surface area (Å²) in [5.74, 6) is 0.857. The quantitative estimate of drug-likeness (QED) is 0.121. The topological polar surface area (TPSA) is 155 Å². The molecule has 2 N–H and O–H groups in total. The Morgan fingerprint density at radius 1 is 0.873 bits per heavy atom. The van der Waals surface area contributed by atoms with Gasteiger partial charge < -0.3 is 14.8 Å². The predicted molar refractivity (Wildman–Crippen MR) is 253 cm³/mol. The van der Waals surface area contributed by atoms with Crippen LogP contribution in [0.25, 0.3) is 22.8 Å². The van der Waals surface area contributed by atoms with Crippen molar-refractivity contribution < 1.29 is 23.9 Å². The van der Waals surface area contributed by atoms with Crippen molar-refractivity contribution in [2.24, 2.45) is 0 Å². The fourth-order valence-electron chi connectivity index (χ4n) is 7.92. The van der Waals surface area contributed by atoms with E-state index in [4.69, 9.17) is 19.7 Å². The van der Waals surface area contributed by atoms with Gasteiger partial charge in [0.15, 0.2) is 0 Å². The Morgan fingerprint density at radius 2 is 1.49 bits per heavy atom. The maximum atomic E-state index is 12.9. The van der Waals surface area contributed by atoms with Gasteiger partial charge in [-0.15, -0.1) is 0 Å². The summed E-state index contributed by atoms with van der Waals surface area (Å²) in [5, 5.41) is 15.7. The fourth-order valence-corrected chi connectivity index (χ4v) is 8.87. The number of fused-ring (bicyclic) bond motifs is 1. The van der Waals surface area contributed by atoms with Gasteiger partial charge in [0.25, 0.3) is 0 Å². The molecule has 0 radical (unpaired) electrons. The molecule has 330 valence electrons. The lowest BCUT2D eigenvalue weighted by Gasteiger charge is -2.23. The Kier molecular flexibility index (Phi) is 15.4. The molecule has 4 aromatic heterocycles. The number of hydrogen-bond donors (Lipinski definition) is 2. The molecule has 2 aromatic carbocycles. The summed E-state index contributed by atoms with van der Waals surface area (Å²) < 4.78 is 16.1. The second-order valence-corrected chi connectivity index (χ2v) is 18.1. The molecule has 1 aliphatic rings. The molecular formula is C48H54Br2N8O5. The van der Waals surface area contributed by atoms with E-state index in [9.17, 15) is 14.4 Å². The highest BCUT2D eigenvalue weighted by atomic mass is 79.9. The molecule has 2 unspecified atom stereocenters. The zero-order chi connectivity index (χ0) is 45.4. The minimum absolute atomic E-state index is 0.0377. The number of aromatic nitrogens is 6. The van der Waals surface area contributed by atoms with E-state index in [2.05, 4.69) is 77.6 Å². The standard InChI is InChI=1S/C27H33BrN4O4.C21H21BrN4O/c1-7-32-25(30-26(34)36-27(3,4)5)23(24(31-32)21-10-8-9-15-29-21)20(13-14-22(33)35-6)19-12-11-18(28)16-17(19)2;1-3-26-21-19(20(25-26)17-6-4-5-11-23-17)16(9-10-18(27)24-21)15-8-7-14(22)12-13(15)2/h8-12,15-16,20H,7,13-14H2,1-6H3,(H,30,34);4-8,11-12,16H,3,9-10H2,1-2H3,(H,24,27). The summed E-state index contributed by atoms with van der Waals surface area (Å²) in [7, 11) is 1.38. The Labute approximate surface area is 385 Å². The number of amides is 2. The summed E-state index contributed by atoms with van der Waals surface area (Å²) in [6, 6.07) is 23.8. The molecule has 0 aliphatic carbocycles. The van der Waals surface area contributed by atoms with E-state index < -0.39 is 11.7 Å². The van der Waals surface area contributed by atoms with Crippen LogP contribution >= 0.6 is 31.9 Å². The molecule has 0 saturated heterocycles. The molecule has 6 aromatic rings. The van der Waals surface area contributed by atoms with Gasteiger partial charge in [0, 0.05) is 70.2 Å². The first-order valence-corrected chi connectivity index (χ1v) is 22.6. The number of nitrogens with one attached hydrogen (secondary N) is 2. The highest BCUT2D eigenvalue weighted by molar-refractivity contribution is 9.10. The van der Waals surface area contributed by atoms with Gasteiger partial charge in [0.1, 0.15) is 28.6 Å². The van der Waals surface area contributed by atoms with Crippen molar-refractivity contribution >= 4 is 61.5 Å². The number of pyridine rings is 2. The van der Waals surface area contributed by atoms with E-state index in [1.807, 2.05) is 101 Å². The van der Waals surface area contributed by atoms with Gasteiger partial charge in [-0.1, -0.05) is 56.1 Å². The molecule has 2 amide bonds. The number of carbonyl (C=O) groups excluding carboxylic acids is 3. The number of aryl methyl sites for hydroxylation is 4. The third kappa shape index (κ3) is 11.3. The normalized spacial score (nSPS) is 14.1. The highest BCUT2D eigenvalue weighted by Crippen LogP contribution is 2.44. The van der Waals surface area contributed by atoms with Gasteiger partial charge in [-0.3, -0.25) is 24.9 Å². The van der Waals surface area contributed by atoms with Gasteiger partial charge in [0.2, 0.25) is 5.91 Å². The molecule has 1 aliphatic heterocycles. The van der Waals surface area contributed by atoms with Crippen molar-refractivity contribution in [1.82, 2.24) is 29.5 Å². The second-order valence-electron chi connectivity index (χ2n) is 16.2. The smallest absolute Gasteiger partial charge is 0.413 e. The van der Waals surface area contributed by atoms with Crippen molar-refractivity contribution in [2.45, 2.75) is 105 Å². The van der Waals surface area contributed by atoms with E-state index in [0.29, 0.717) is 43.1 Å². The molecule has 7 rings (SSSR count). The van der Waals surface area contributed by atoms with Crippen LogP contribution in [0.4, 0.5) is 16.4 Å². The lowest BCUT2D eigenvalue weighted by Crippen LogP contribution is -2.28. The Balaban J connectivity index is 0.000000218. The first kappa shape index (κ1) is 46.8. The Bertz CT molecular complexity index is 2570. The number of rotatable bonds is 11. The third-order valence-electron chi connectivity index (χ3n) is 10.7. The maximum absolute atomic E-state index is 12.9. The molecule has 0 saturated carbocycles. The van der Waals surface area contributed by atoms with Crippen LogP contribution in [-0.2, 0) is 32.2 Å². The number of ether oxygens (including phenoxy) is 2. The minimum Gasteiger partial charge on any atom is -0.469 e. The van der Waals surface area contributed by atoms with Crippen molar-refractivity contribution in [3.05, 3.63) is 128 Å². The SMILES string of the molecule is CCn1nc(-c2ccccn2)c(C(CCC(=O)OC)c2ccc(Br)cc2C)c1NC(=O)OC(C)(C)C.CCn1nc(-c2ccccn2)c2c1NC(=O)CCC2c1ccc(Br)cc1C.